The third-order valence-corrected chi connectivity index (χ3v) is 2.30. The molecule has 0 saturated carbocycles. The molecule has 0 aliphatic rings. The Hall–Kier alpha value is -1.84. The zero-order chi connectivity index (χ0) is 13.4. The van der Waals surface area contributed by atoms with Gasteiger partial charge in [0.05, 0.1) is 6.54 Å². The van der Waals surface area contributed by atoms with Gasteiger partial charge in [-0.3, -0.25) is 4.79 Å². The van der Waals surface area contributed by atoms with Gasteiger partial charge in [-0.15, -0.1) is 6.58 Å². The predicted molar refractivity (Wildman–Crippen MR) is 68.9 cm³/mol. The van der Waals surface area contributed by atoms with E-state index >= 15 is 0 Å². The molecule has 18 heavy (non-hydrogen) atoms. The van der Waals surface area contributed by atoms with Crippen LogP contribution in [-0.4, -0.2) is 18.6 Å². The van der Waals surface area contributed by atoms with Crippen LogP contribution in [0, 0.1) is 5.82 Å². The second kappa shape index (κ2) is 7.48. The average molecular weight is 251 g/mol. The molecule has 1 rings (SSSR count). The van der Waals surface area contributed by atoms with E-state index in [1.54, 1.807) is 18.2 Å². The molecule has 3 nitrogen and oxygen atoms in total. The quantitative estimate of drug-likeness (QED) is 0.757. The van der Waals surface area contributed by atoms with Crippen molar-refractivity contribution in [2.24, 2.45) is 0 Å². The summed E-state index contributed by atoms with van der Waals surface area (Å²) >= 11 is 0. The van der Waals surface area contributed by atoms with Crippen molar-refractivity contribution in [3.63, 3.8) is 0 Å². The maximum atomic E-state index is 12.9. The molecule has 1 N–H and O–H groups in total. The Balaban J connectivity index is 2.31. The van der Waals surface area contributed by atoms with E-state index in [1.165, 1.54) is 12.1 Å². The van der Waals surface area contributed by atoms with Gasteiger partial charge in [0, 0.05) is 12.5 Å². The van der Waals surface area contributed by atoms with E-state index in [4.69, 9.17) is 4.74 Å². The summed E-state index contributed by atoms with van der Waals surface area (Å²) in [6.07, 6.45) is 2.58. The zero-order valence-electron chi connectivity index (χ0n) is 10.5. The molecular formula is C14H18FNO2. The highest BCUT2D eigenvalue weighted by molar-refractivity contribution is 5.75. The molecule has 4 heteroatoms. The summed E-state index contributed by atoms with van der Waals surface area (Å²) in [5.74, 6) is 0.0853. The number of nitrogens with one attached hydrogen (secondary N) is 1. The fraction of sp³-hybridized carbons (Fsp3) is 0.357. The minimum atomic E-state index is -0.338. The van der Waals surface area contributed by atoms with E-state index in [0.29, 0.717) is 25.1 Å². The second-order valence-corrected chi connectivity index (χ2v) is 4.02. The maximum absolute atomic E-state index is 12.9. The molecule has 0 unspecified atom stereocenters. The van der Waals surface area contributed by atoms with Crippen molar-refractivity contribution in [3.05, 3.63) is 42.7 Å². The first-order chi connectivity index (χ1) is 8.61. The maximum Gasteiger partial charge on any atom is 0.220 e. The zero-order valence-corrected chi connectivity index (χ0v) is 10.5. The predicted octanol–water partition coefficient (Wildman–Crippen LogP) is 2.68. The number of hydrogen-bond acceptors (Lipinski definition) is 2. The molecule has 0 saturated heterocycles. The number of halogens is 1. The highest BCUT2D eigenvalue weighted by Crippen LogP contribution is 2.13. The number of carbonyl (C=O) groups is 1. The van der Waals surface area contributed by atoms with Gasteiger partial charge in [0.15, 0.2) is 0 Å². The van der Waals surface area contributed by atoms with Crippen molar-refractivity contribution in [2.45, 2.75) is 25.9 Å². The van der Waals surface area contributed by atoms with Gasteiger partial charge >= 0.3 is 0 Å². The lowest BCUT2D eigenvalue weighted by Crippen LogP contribution is -2.33. The van der Waals surface area contributed by atoms with Crippen molar-refractivity contribution in [1.29, 1.82) is 0 Å². The van der Waals surface area contributed by atoms with E-state index in [1.807, 2.05) is 6.92 Å². The Morgan fingerprint density at radius 2 is 2.39 bits per heavy atom. The fourth-order valence-electron chi connectivity index (χ4n) is 1.39. The number of rotatable bonds is 7. The monoisotopic (exact) mass is 251 g/mol. The van der Waals surface area contributed by atoms with Gasteiger partial charge in [-0.05, 0) is 25.5 Å². The SMILES string of the molecule is C=CCCC(=O)NC[C@@H](C)Oc1cccc(F)c1. The fourth-order valence-corrected chi connectivity index (χ4v) is 1.39. The molecule has 0 aliphatic carbocycles. The molecular weight excluding hydrogens is 233 g/mol. The van der Waals surface area contributed by atoms with Crippen molar-refractivity contribution in [2.75, 3.05) is 6.54 Å². The summed E-state index contributed by atoms with van der Waals surface area (Å²) in [6.45, 7) is 5.77. The Morgan fingerprint density at radius 1 is 1.61 bits per heavy atom. The molecule has 1 atom stereocenters. The van der Waals surface area contributed by atoms with Gasteiger partial charge in [-0.2, -0.15) is 0 Å². The van der Waals surface area contributed by atoms with E-state index in [-0.39, 0.29) is 17.8 Å². The third kappa shape index (κ3) is 5.48. The number of amides is 1. The number of carbonyl (C=O) groups excluding carboxylic acids is 1. The highest BCUT2D eigenvalue weighted by Gasteiger charge is 2.06. The molecule has 0 radical (unpaired) electrons. The normalized spacial score (nSPS) is 11.7. The third-order valence-electron chi connectivity index (χ3n) is 2.30. The topological polar surface area (TPSA) is 38.3 Å². The van der Waals surface area contributed by atoms with Crippen LogP contribution in [0.4, 0.5) is 4.39 Å². The molecule has 0 aliphatic heterocycles. The van der Waals surface area contributed by atoms with Gasteiger partial charge in [-0.1, -0.05) is 12.1 Å². The summed E-state index contributed by atoms with van der Waals surface area (Å²) in [5.41, 5.74) is 0. The van der Waals surface area contributed by atoms with Crippen LogP contribution < -0.4 is 10.1 Å². The second-order valence-electron chi connectivity index (χ2n) is 4.02. The lowest BCUT2D eigenvalue weighted by atomic mass is 10.3. The van der Waals surface area contributed by atoms with Crippen LogP contribution >= 0.6 is 0 Å². The van der Waals surface area contributed by atoms with E-state index < -0.39 is 0 Å². The minimum absolute atomic E-state index is 0.0374. The Kier molecular flexibility index (Phi) is 5.91. The first-order valence-corrected chi connectivity index (χ1v) is 5.91. The van der Waals surface area contributed by atoms with Crippen LogP contribution in [0.15, 0.2) is 36.9 Å². The van der Waals surface area contributed by atoms with Crippen LogP contribution in [0.3, 0.4) is 0 Å². The highest BCUT2D eigenvalue weighted by atomic mass is 19.1. The molecule has 1 amide bonds. The summed E-state index contributed by atoms with van der Waals surface area (Å²) in [6, 6.07) is 5.93. The average Bonchev–Trinajstić information content (AvgIpc) is 2.34. The number of benzene rings is 1. The van der Waals surface area contributed by atoms with Gasteiger partial charge in [0.2, 0.25) is 5.91 Å². The Labute approximate surface area is 107 Å². The minimum Gasteiger partial charge on any atom is -0.489 e. The Morgan fingerprint density at radius 3 is 3.06 bits per heavy atom. The molecule has 0 fully saturated rings. The first-order valence-electron chi connectivity index (χ1n) is 5.91. The lowest BCUT2D eigenvalue weighted by molar-refractivity contribution is -0.121. The van der Waals surface area contributed by atoms with Crippen molar-refractivity contribution >= 4 is 5.91 Å². The van der Waals surface area contributed by atoms with Crippen LogP contribution in [-0.2, 0) is 4.79 Å². The summed E-state index contributed by atoms with van der Waals surface area (Å²) in [7, 11) is 0. The molecule has 0 bridgehead atoms. The van der Waals surface area contributed by atoms with Gasteiger partial charge in [0.1, 0.15) is 17.7 Å². The van der Waals surface area contributed by atoms with Gasteiger partial charge in [0.25, 0.3) is 0 Å². The van der Waals surface area contributed by atoms with Crippen LogP contribution in [0.5, 0.6) is 5.75 Å². The molecule has 0 heterocycles. The standard InChI is InChI=1S/C14H18FNO2/c1-3-4-8-14(17)16-10-11(2)18-13-7-5-6-12(15)9-13/h3,5-7,9,11H,1,4,8,10H2,2H3,(H,16,17)/t11-/m1/s1. The van der Waals surface area contributed by atoms with Crippen molar-refractivity contribution in [3.8, 4) is 5.75 Å². The Bertz CT molecular complexity index is 407. The van der Waals surface area contributed by atoms with Gasteiger partial charge in [-0.25, -0.2) is 4.39 Å². The summed E-state index contributed by atoms with van der Waals surface area (Å²) < 4.78 is 18.4. The van der Waals surface area contributed by atoms with E-state index in [2.05, 4.69) is 11.9 Å². The van der Waals surface area contributed by atoms with Crippen LogP contribution in [0.25, 0.3) is 0 Å². The smallest absolute Gasteiger partial charge is 0.220 e. The summed E-state index contributed by atoms with van der Waals surface area (Å²) in [5, 5.41) is 2.75. The molecule has 0 spiro atoms. The molecule has 1 aromatic carbocycles. The first kappa shape index (κ1) is 14.2. The van der Waals surface area contributed by atoms with Gasteiger partial charge < -0.3 is 10.1 Å². The van der Waals surface area contributed by atoms with Crippen molar-refractivity contribution < 1.29 is 13.9 Å². The number of ether oxygens (including phenoxy) is 1. The van der Waals surface area contributed by atoms with Crippen LogP contribution in [0.2, 0.25) is 0 Å². The largest absolute Gasteiger partial charge is 0.489 e. The molecule has 0 aromatic heterocycles. The molecule has 98 valence electrons. The van der Waals surface area contributed by atoms with E-state index in [9.17, 15) is 9.18 Å². The van der Waals surface area contributed by atoms with Crippen LogP contribution in [0.1, 0.15) is 19.8 Å². The number of allylic oxidation sites excluding steroid dienone is 1. The number of hydrogen-bond donors (Lipinski definition) is 1. The molecule has 1 aromatic rings. The van der Waals surface area contributed by atoms with E-state index in [0.717, 1.165) is 0 Å². The van der Waals surface area contributed by atoms with Crippen molar-refractivity contribution in [1.82, 2.24) is 5.32 Å². The summed E-state index contributed by atoms with van der Waals surface area (Å²) in [4.78, 5) is 11.3. The lowest BCUT2D eigenvalue weighted by Gasteiger charge is -2.15.